The molecule has 0 unspecified atom stereocenters. The number of rotatable bonds is 6. The van der Waals surface area contributed by atoms with Crippen LogP contribution in [0.15, 0.2) is 27.3 Å². The molecule has 0 fully saturated rings. The Balaban J connectivity index is 1.30. The minimum absolute atomic E-state index is 0.483. The van der Waals surface area contributed by atoms with Gasteiger partial charge in [0.15, 0.2) is 5.76 Å². The molecule has 3 aromatic rings. The highest BCUT2D eigenvalue weighted by molar-refractivity contribution is 5.44. The molecule has 4 heterocycles. The molecular formula is C16H20N6O2. The van der Waals surface area contributed by atoms with Gasteiger partial charge in [0.2, 0.25) is 11.7 Å². The van der Waals surface area contributed by atoms with Crippen molar-refractivity contribution in [3.63, 3.8) is 0 Å². The van der Waals surface area contributed by atoms with E-state index in [0.717, 1.165) is 44.0 Å². The molecule has 0 radical (unpaired) electrons. The van der Waals surface area contributed by atoms with E-state index in [4.69, 9.17) is 8.94 Å². The number of nitrogens with one attached hydrogen (secondary N) is 1. The summed E-state index contributed by atoms with van der Waals surface area (Å²) in [5, 5.41) is 15.9. The second kappa shape index (κ2) is 6.56. The Morgan fingerprint density at radius 2 is 2.33 bits per heavy atom. The molecule has 0 saturated carbocycles. The fraction of sp³-hybridized carbons (Fsp3) is 0.500. The lowest BCUT2D eigenvalue weighted by atomic mass is 9.99. The van der Waals surface area contributed by atoms with Gasteiger partial charge in [-0.15, -0.1) is 10.2 Å². The van der Waals surface area contributed by atoms with E-state index in [0.29, 0.717) is 29.9 Å². The van der Waals surface area contributed by atoms with Crippen molar-refractivity contribution in [2.45, 2.75) is 39.3 Å². The number of aryl methyl sites for hydroxylation is 2. The van der Waals surface area contributed by atoms with Crippen LogP contribution in [0.2, 0.25) is 0 Å². The lowest BCUT2D eigenvalue weighted by Gasteiger charge is -2.24. The summed E-state index contributed by atoms with van der Waals surface area (Å²) < 4.78 is 12.8. The first-order valence-electron chi connectivity index (χ1n) is 8.31. The number of fused-ring (bicyclic) bond motifs is 1. The second-order valence-corrected chi connectivity index (χ2v) is 6.02. The van der Waals surface area contributed by atoms with E-state index < -0.39 is 0 Å². The summed E-state index contributed by atoms with van der Waals surface area (Å²) in [6.07, 6.45) is 4.63. The summed E-state index contributed by atoms with van der Waals surface area (Å²) in [4.78, 5) is 4.33. The normalized spacial score (nSPS) is 17.1. The quantitative estimate of drug-likeness (QED) is 0.737. The SMILES string of the molecule is CCc1nnc2n1C[C@@H](CNCc1nc(-c3ccco3)no1)CC2. The van der Waals surface area contributed by atoms with Gasteiger partial charge in [0.05, 0.1) is 12.8 Å². The van der Waals surface area contributed by atoms with Crippen LogP contribution in [0, 0.1) is 5.92 Å². The van der Waals surface area contributed by atoms with Crippen LogP contribution in [-0.2, 0) is 25.9 Å². The van der Waals surface area contributed by atoms with E-state index in [1.54, 1.807) is 12.3 Å². The molecule has 0 amide bonds. The number of nitrogens with zero attached hydrogens (tertiary/aromatic N) is 5. The van der Waals surface area contributed by atoms with Crippen molar-refractivity contribution in [1.29, 1.82) is 0 Å². The maximum Gasteiger partial charge on any atom is 0.241 e. The van der Waals surface area contributed by atoms with Crippen molar-refractivity contribution in [1.82, 2.24) is 30.2 Å². The molecule has 4 rings (SSSR count). The minimum atomic E-state index is 0.483. The average Bonchev–Trinajstić information content (AvgIpc) is 3.34. The predicted octanol–water partition coefficient (Wildman–Crippen LogP) is 1.84. The summed E-state index contributed by atoms with van der Waals surface area (Å²) in [5.74, 6) is 4.42. The Kier molecular flexibility index (Phi) is 4.12. The Labute approximate surface area is 139 Å². The van der Waals surface area contributed by atoms with Crippen LogP contribution in [0.4, 0.5) is 0 Å². The molecule has 126 valence electrons. The molecule has 0 spiro atoms. The number of aromatic nitrogens is 5. The first kappa shape index (κ1) is 15.1. The smallest absolute Gasteiger partial charge is 0.241 e. The Morgan fingerprint density at radius 1 is 1.38 bits per heavy atom. The molecular weight excluding hydrogens is 308 g/mol. The Hall–Kier alpha value is -2.48. The monoisotopic (exact) mass is 328 g/mol. The van der Waals surface area contributed by atoms with Crippen LogP contribution in [0.25, 0.3) is 11.6 Å². The maximum absolute atomic E-state index is 5.26. The zero-order valence-electron chi connectivity index (χ0n) is 13.6. The third-order valence-electron chi connectivity index (χ3n) is 4.36. The molecule has 1 atom stereocenters. The fourth-order valence-corrected chi connectivity index (χ4v) is 3.09. The third kappa shape index (κ3) is 2.96. The minimum Gasteiger partial charge on any atom is -0.461 e. The lowest BCUT2D eigenvalue weighted by molar-refractivity contribution is 0.323. The van der Waals surface area contributed by atoms with Crippen LogP contribution in [0.5, 0.6) is 0 Å². The number of furan rings is 1. The van der Waals surface area contributed by atoms with Crippen LogP contribution in [0.3, 0.4) is 0 Å². The van der Waals surface area contributed by atoms with Gasteiger partial charge < -0.3 is 18.8 Å². The molecule has 24 heavy (non-hydrogen) atoms. The van der Waals surface area contributed by atoms with Gasteiger partial charge in [0, 0.05) is 25.9 Å². The maximum atomic E-state index is 5.26. The van der Waals surface area contributed by atoms with Gasteiger partial charge in [-0.2, -0.15) is 4.98 Å². The summed E-state index contributed by atoms with van der Waals surface area (Å²) in [6, 6.07) is 3.61. The van der Waals surface area contributed by atoms with Gasteiger partial charge in [0.25, 0.3) is 0 Å². The fourth-order valence-electron chi connectivity index (χ4n) is 3.09. The van der Waals surface area contributed by atoms with Crippen LogP contribution < -0.4 is 5.32 Å². The number of hydrogen-bond donors (Lipinski definition) is 1. The van der Waals surface area contributed by atoms with Gasteiger partial charge in [0.1, 0.15) is 11.6 Å². The standard InChI is InChI=1S/C16H20N6O2/c1-2-13-19-20-14-6-5-11(10-22(13)14)8-17-9-15-18-16(21-24-15)12-4-3-7-23-12/h3-4,7,11,17H,2,5-6,8-10H2,1H3/t11-/m1/s1. The highest BCUT2D eigenvalue weighted by Crippen LogP contribution is 2.20. The van der Waals surface area contributed by atoms with Crippen molar-refractivity contribution >= 4 is 0 Å². The predicted molar refractivity (Wildman–Crippen MR) is 84.9 cm³/mol. The molecule has 8 heteroatoms. The summed E-state index contributed by atoms with van der Waals surface area (Å²) in [5.41, 5.74) is 0. The average molecular weight is 328 g/mol. The van der Waals surface area contributed by atoms with Crippen molar-refractivity contribution in [3.05, 3.63) is 35.9 Å². The number of hydrogen-bond acceptors (Lipinski definition) is 7. The van der Waals surface area contributed by atoms with Gasteiger partial charge in [-0.1, -0.05) is 12.1 Å². The lowest BCUT2D eigenvalue weighted by Crippen LogP contribution is -2.30. The van der Waals surface area contributed by atoms with Crippen LogP contribution >= 0.6 is 0 Å². The van der Waals surface area contributed by atoms with E-state index in [1.807, 2.05) is 6.07 Å². The van der Waals surface area contributed by atoms with Crippen molar-refractivity contribution < 1.29 is 8.94 Å². The van der Waals surface area contributed by atoms with Crippen molar-refractivity contribution in [2.75, 3.05) is 6.54 Å². The molecule has 1 aliphatic rings. The van der Waals surface area contributed by atoms with E-state index in [2.05, 4.69) is 37.1 Å². The Bertz CT molecular complexity index is 778. The first-order valence-corrected chi connectivity index (χ1v) is 8.31. The summed E-state index contributed by atoms with van der Waals surface area (Å²) in [6.45, 7) is 4.55. The molecule has 0 aliphatic carbocycles. The highest BCUT2D eigenvalue weighted by atomic mass is 16.5. The molecule has 0 aromatic carbocycles. The second-order valence-electron chi connectivity index (χ2n) is 6.02. The summed E-state index contributed by atoms with van der Waals surface area (Å²) >= 11 is 0. The zero-order valence-corrected chi connectivity index (χ0v) is 13.6. The van der Waals surface area contributed by atoms with E-state index in [-0.39, 0.29) is 0 Å². The molecule has 3 aromatic heterocycles. The van der Waals surface area contributed by atoms with Crippen LogP contribution in [0.1, 0.15) is 30.9 Å². The third-order valence-corrected chi connectivity index (χ3v) is 4.36. The molecule has 0 bridgehead atoms. The van der Waals surface area contributed by atoms with Crippen LogP contribution in [-0.4, -0.2) is 31.4 Å². The van der Waals surface area contributed by atoms with E-state index in [1.165, 1.54) is 0 Å². The molecule has 1 aliphatic heterocycles. The van der Waals surface area contributed by atoms with Gasteiger partial charge >= 0.3 is 0 Å². The molecule has 0 saturated heterocycles. The van der Waals surface area contributed by atoms with E-state index in [9.17, 15) is 0 Å². The zero-order chi connectivity index (χ0) is 16.4. The van der Waals surface area contributed by atoms with E-state index >= 15 is 0 Å². The van der Waals surface area contributed by atoms with Crippen molar-refractivity contribution in [3.8, 4) is 11.6 Å². The highest BCUT2D eigenvalue weighted by Gasteiger charge is 2.22. The first-order chi connectivity index (χ1) is 11.8. The van der Waals surface area contributed by atoms with Gasteiger partial charge in [-0.05, 0) is 24.5 Å². The van der Waals surface area contributed by atoms with Gasteiger partial charge in [-0.25, -0.2) is 0 Å². The largest absolute Gasteiger partial charge is 0.461 e. The topological polar surface area (TPSA) is 94.8 Å². The summed E-state index contributed by atoms with van der Waals surface area (Å²) in [7, 11) is 0. The van der Waals surface area contributed by atoms with Crippen molar-refractivity contribution in [2.24, 2.45) is 5.92 Å². The molecule has 8 nitrogen and oxygen atoms in total. The molecule has 1 N–H and O–H groups in total. The van der Waals surface area contributed by atoms with Gasteiger partial charge in [-0.3, -0.25) is 0 Å². The Morgan fingerprint density at radius 3 is 3.17 bits per heavy atom.